The van der Waals surface area contributed by atoms with Crippen molar-refractivity contribution in [1.29, 1.82) is 0 Å². The van der Waals surface area contributed by atoms with E-state index in [1.165, 1.54) is 11.3 Å². The van der Waals surface area contributed by atoms with Gasteiger partial charge in [0.1, 0.15) is 5.60 Å². The van der Waals surface area contributed by atoms with E-state index in [1.54, 1.807) is 24.3 Å². The van der Waals surface area contributed by atoms with Crippen LogP contribution in [0.3, 0.4) is 0 Å². The highest BCUT2D eigenvalue weighted by atomic mass is 32.2. The second kappa shape index (κ2) is 3.91. The Morgan fingerprint density at radius 3 is 2.72 bits per heavy atom. The van der Waals surface area contributed by atoms with E-state index in [-0.39, 0.29) is 17.1 Å². The summed E-state index contributed by atoms with van der Waals surface area (Å²) in [5.41, 5.74) is 0.0894. The summed E-state index contributed by atoms with van der Waals surface area (Å²) in [6.45, 7) is 0. The van der Waals surface area contributed by atoms with Crippen molar-refractivity contribution in [3.05, 3.63) is 52.2 Å². The predicted molar refractivity (Wildman–Crippen MR) is 70.4 cm³/mol. The molecule has 0 saturated heterocycles. The smallest absolute Gasteiger partial charge is 0.178 e. The van der Waals surface area contributed by atoms with Gasteiger partial charge in [0, 0.05) is 5.56 Å². The molecule has 0 radical (unpaired) electrons. The minimum absolute atomic E-state index is 0.0175. The van der Waals surface area contributed by atoms with E-state index in [0.29, 0.717) is 5.56 Å². The molecule has 1 atom stereocenters. The van der Waals surface area contributed by atoms with E-state index in [2.05, 4.69) is 0 Å². The minimum atomic E-state index is -3.26. The fraction of sp³-hybridized carbons (Fsp3) is 0.231. The maximum absolute atomic E-state index is 12.0. The fourth-order valence-electron chi connectivity index (χ4n) is 2.41. The molecule has 0 fully saturated rings. The number of aliphatic hydroxyl groups is 1. The van der Waals surface area contributed by atoms with E-state index >= 15 is 0 Å². The molecule has 1 aliphatic heterocycles. The van der Waals surface area contributed by atoms with Crippen LogP contribution in [0, 0.1) is 0 Å². The van der Waals surface area contributed by atoms with Crippen LogP contribution in [-0.4, -0.2) is 19.3 Å². The number of benzene rings is 1. The van der Waals surface area contributed by atoms with Crippen molar-refractivity contribution in [1.82, 2.24) is 0 Å². The van der Waals surface area contributed by atoms with Gasteiger partial charge in [-0.2, -0.15) is 11.3 Å². The summed E-state index contributed by atoms with van der Waals surface area (Å²) in [6, 6.07) is 8.57. The van der Waals surface area contributed by atoms with E-state index in [4.69, 9.17) is 0 Å². The molecule has 2 aromatic rings. The second-order valence-corrected chi connectivity index (χ2v) is 7.29. The van der Waals surface area contributed by atoms with Gasteiger partial charge in [-0.25, -0.2) is 8.42 Å². The van der Waals surface area contributed by atoms with Crippen molar-refractivity contribution in [2.75, 3.05) is 5.75 Å². The predicted octanol–water partition coefficient (Wildman–Crippen LogP) is 2.16. The normalized spacial score (nSPS) is 25.6. The minimum Gasteiger partial charge on any atom is -0.380 e. The zero-order valence-electron chi connectivity index (χ0n) is 9.54. The van der Waals surface area contributed by atoms with Crippen LogP contribution >= 0.6 is 11.3 Å². The number of hydrogen-bond acceptors (Lipinski definition) is 4. The molecular weight excluding hydrogens is 268 g/mol. The molecule has 0 amide bonds. The van der Waals surface area contributed by atoms with Gasteiger partial charge in [0.15, 0.2) is 9.84 Å². The van der Waals surface area contributed by atoms with Crippen LogP contribution < -0.4 is 0 Å². The Bertz CT molecular complexity index is 674. The first-order valence-corrected chi connectivity index (χ1v) is 8.21. The van der Waals surface area contributed by atoms with Crippen molar-refractivity contribution < 1.29 is 13.5 Å². The Balaban J connectivity index is 2.28. The molecule has 0 aliphatic carbocycles. The molecule has 0 bridgehead atoms. The fourth-order valence-corrected chi connectivity index (χ4v) is 4.77. The lowest BCUT2D eigenvalue weighted by atomic mass is 9.85. The van der Waals surface area contributed by atoms with E-state index in [1.807, 2.05) is 16.8 Å². The van der Waals surface area contributed by atoms with Crippen molar-refractivity contribution in [2.24, 2.45) is 0 Å². The van der Waals surface area contributed by atoms with Crippen LogP contribution in [0.15, 0.2) is 46.0 Å². The average Bonchev–Trinajstić information content (AvgIpc) is 2.89. The molecule has 5 heteroatoms. The molecule has 1 aliphatic rings. The summed E-state index contributed by atoms with van der Waals surface area (Å²) in [7, 11) is -3.26. The van der Waals surface area contributed by atoms with E-state index in [9.17, 15) is 13.5 Å². The van der Waals surface area contributed by atoms with Crippen LogP contribution in [0.25, 0.3) is 0 Å². The van der Waals surface area contributed by atoms with Gasteiger partial charge in [-0.3, -0.25) is 0 Å². The van der Waals surface area contributed by atoms with Crippen LogP contribution in [-0.2, 0) is 15.4 Å². The monoisotopic (exact) mass is 280 g/mol. The molecule has 1 unspecified atom stereocenters. The summed E-state index contributed by atoms with van der Waals surface area (Å²) in [5.74, 6) is -0.0175. The van der Waals surface area contributed by atoms with Crippen LogP contribution in [0.5, 0.6) is 0 Å². The SMILES string of the molecule is O=S1(=O)CCC(O)(c2ccsc2)c2ccccc21. The van der Waals surface area contributed by atoms with Gasteiger partial charge in [0.25, 0.3) is 0 Å². The largest absolute Gasteiger partial charge is 0.380 e. The highest BCUT2D eigenvalue weighted by molar-refractivity contribution is 7.91. The van der Waals surface area contributed by atoms with E-state index in [0.717, 1.165) is 5.56 Å². The molecule has 1 N–H and O–H groups in total. The summed E-state index contributed by atoms with van der Waals surface area (Å²) in [5, 5.41) is 14.6. The molecule has 3 nitrogen and oxygen atoms in total. The molecular formula is C13H12O3S2. The van der Waals surface area contributed by atoms with Crippen LogP contribution in [0.2, 0.25) is 0 Å². The molecule has 0 saturated carbocycles. The Labute approximate surface area is 110 Å². The maximum atomic E-state index is 12.0. The van der Waals surface area contributed by atoms with Crippen molar-refractivity contribution in [3.8, 4) is 0 Å². The first-order valence-electron chi connectivity index (χ1n) is 5.61. The molecule has 1 aromatic heterocycles. The van der Waals surface area contributed by atoms with Gasteiger partial charge in [0.05, 0.1) is 10.6 Å². The Morgan fingerprint density at radius 2 is 2.00 bits per heavy atom. The van der Waals surface area contributed by atoms with Crippen molar-refractivity contribution >= 4 is 21.2 Å². The Hall–Kier alpha value is -1.17. The number of hydrogen-bond donors (Lipinski definition) is 1. The summed E-state index contributed by atoms with van der Waals surface area (Å²) in [6.07, 6.45) is 0.211. The van der Waals surface area contributed by atoms with E-state index < -0.39 is 15.4 Å². The Morgan fingerprint density at radius 1 is 1.22 bits per heavy atom. The molecule has 18 heavy (non-hydrogen) atoms. The Kier molecular flexibility index (Phi) is 2.59. The molecule has 3 rings (SSSR count). The summed E-state index contributed by atoms with van der Waals surface area (Å²) in [4.78, 5) is 0.255. The third kappa shape index (κ3) is 1.62. The van der Waals surface area contributed by atoms with Gasteiger partial charge in [-0.05, 0) is 34.9 Å². The zero-order valence-corrected chi connectivity index (χ0v) is 11.2. The standard InChI is InChI=1S/C13H12O3S2/c14-13(10-5-7-17-9-10)6-8-18(15,16)12-4-2-1-3-11(12)13/h1-5,7,9,14H,6,8H2. The third-order valence-electron chi connectivity index (χ3n) is 3.40. The lowest BCUT2D eigenvalue weighted by Crippen LogP contribution is -2.36. The van der Waals surface area contributed by atoms with Crippen LogP contribution in [0.1, 0.15) is 17.5 Å². The number of fused-ring (bicyclic) bond motifs is 1. The molecule has 1 aromatic carbocycles. The lowest BCUT2D eigenvalue weighted by Gasteiger charge is -2.33. The number of thiophene rings is 1. The third-order valence-corrected chi connectivity index (χ3v) is 5.85. The quantitative estimate of drug-likeness (QED) is 0.871. The molecule has 2 heterocycles. The number of sulfone groups is 1. The summed E-state index contributed by atoms with van der Waals surface area (Å²) >= 11 is 1.50. The highest BCUT2D eigenvalue weighted by Gasteiger charge is 2.41. The second-order valence-electron chi connectivity index (χ2n) is 4.44. The zero-order chi connectivity index (χ0) is 12.8. The number of rotatable bonds is 1. The highest BCUT2D eigenvalue weighted by Crippen LogP contribution is 2.42. The first-order chi connectivity index (χ1) is 8.54. The average molecular weight is 280 g/mol. The summed E-state index contributed by atoms with van der Waals surface area (Å²) < 4.78 is 24.0. The van der Waals surface area contributed by atoms with Gasteiger partial charge >= 0.3 is 0 Å². The first kappa shape index (κ1) is 11.9. The van der Waals surface area contributed by atoms with Gasteiger partial charge in [0.2, 0.25) is 0 Å². The van der Waals surface area contributed by atoms with Crippen LogP contribution in [0.4, 0.5) is 0 Å². The maximum Gasteiger partial charge on any atom is 0.178 e. The lowest BCUT2D eigenvalue weighted by molar-refractivity contribution is 0.0722. The van der Waals surface area contributed by atoms with Gasteiger partial charge in [-0.15, -0.1) is 0 Å². The molecule has 0 spiro atoms. The molecule has 94 valence electrons. The topological polar surface area (TPSA) is 54.4 Å². The van der Waals surface area contributed by atoms with Gasteiger partial charge < -0.3 is 5.11 Å². The van der Waals surface area contributed by atoms with Crippen molar-refractivity contribution in [2.45, 2.75) is 16.9 Å². The van der Waals surface area contributed by atoms with Crippen molar-refractivity contribution in [3.63, 3.8) is 0 Å². The van der Waals surface area contributed by atoms with Gasteiger partial charge in [-0.1, -0.05) is 18.2 Å².